The molecule has 9 heteroatoms. The zero-order chi connectivity index (χ0) is 21.2. The maximum Gasteiger partial charge on any atom is 0.241 e. The third-order valence-electron chi connectivity index (χ3n) is 5.28. The number of hydrogen-bond acceptors (Lipinski definition) is 5. The Labute approximate surface area is 202 Å². The number of hydrogen-bond donors (Lipinski definition) is 2. The number of carbonyl (C=O) groups excluding carboxylic acids is 1. The summed E-state index contributed by atoms with van der Waals surface area (Å²) in [4.78, 5) is 20.6. The van der Waals surface area contributed by atoms with Gasteiger partial charge in [0, 0.05) is 45.8 Å². The molecule has 31 heavy (non-hydrogen) atoms. The minimum absolute atomic E-state index is 0. The molecule has 3 rings (SSSR count). The molecule has 1 aromatic carbocycles. The zero-order valence-corrected chi connectivity index (χ0v) is 21.0. The lowest BCUT2D eigenvalue weighted by Gasteiger charge is -2.26. The van der Waals surface area contributed by atoms with Gasteiger partial charge in [0.2, 0.25) is 5.91 Å². The fourth-order valence-corrected chi connectivity index (χ4v) is 3.08. The van der Waals surface area contributed by atoms with E-state index < -0.39 is 0 Å². The van der Waals surface area contributed by atoms with Crippen molar-refractivity contribution in [3.05, 3.63) is 29.8 Å². The second-order valence-electron chi connectivity index (χ2n) is 8.05. The van der Waals surface area contributed by atoms with Crippen molar-refractivity contribution in [3.8, 4) is 5.75 Å². The van der Waals surface area contributed by atoms with Crippen LogP contribution in [0, 0.1) is 5.92 Å². The van der Waals surface area contributed by atoms with Crippen LogP contribution in [0.1, 0.15) is 18.4 Å². The third kappa shape index (κ3) is 9.61. The minimum Gasteiger partial charge on any atom is -0.493 e. The van der Waals surface area contributed by atoms with Crippen molar-refractivity contribution in [2.75, 3.05) is 66.6 Å². The second kappa shape index (κ2) is 13.7. The maximum absolute atomic E-state index is 12.0. The van der Waals surface area contributed by atoms with Gasteiger partial charge in [-0.1, -0.05) is 18.2 Å². The first-order chi connectivity index (χ1) is 14.6. The normalized spacial score (nSPS) is 16.9. The molecule has 1 heterocycles. The number of rotatable bonds is 10. The highest BCUT2D eigenvalue weighted by Crippen LogP contribution is 2.30. The highest BCUT2D eigenvalue weighted by Gasteiger charge is 2.22. The van der Waals surface area contributed by atoms with Crippen LogP contribution in [0.2, 0.25) is 0 Å². The molecule has 1 saturated carbocycles. The highest BCUT2D eigenvalue weighted by atomic mass is 127. The van der Waals surface area contributed by atoms with Gasteiger partial charge in [0.15, 0.2) is 5.96 Å². The SMILES string of the molecule is CN(C)C(=O)CNC(=NCc1ccccc1OCC1CC1)NCCN1CCOCC1.I. The van der Waals surface area contributed by atoms with E-state index in [-0.39, 0.29) is 36.4 Å². The summed E-state index contributed by atoms with van der Waals surface area (Å²) < 4.78 is 11.4. The number of aliphatic imine (C=N–C) groups is 1. The van der Waals surface area contributed by atoms with Gasteiger partial charge >= 0.3 is 0 Å². The lowest BCUT2D eigenvalue weighted by atomic mass is 10.2. The molecule has 0 spiro atoms. The predicted molar refractivity (Wildman–Crippen MR) is 133 cm³/mol. The van der Waals surface area contributed by atoms with Gasteiger partial charge in [-0.25, -0.2) is 4.99 Å². The molecular weight excluding hydrogens is 509 g/mol. The van der Waals surface area contributed by atoms with E-state index in [1.165, 1.54) is 12.8 Å². The average molecular weight is 545 g/mol. The van der Waals surface area contributed by atoms with Gasteiger partial charge < -0.3 is 25.0 Å². The fourth-order valence-electron chi connectivity index (χ4n) is 3.08. The van der Waals surface area contributed by atoms with Crippen LogP contribution in [-0.2, 0) is 16.1 Å². The lowest BCUT2D eigenvalue weighted by molar-refractivity contribution is -0.127. The molecule has 0 bridgehead atoms. The zero-order valence-electron chi connectivity index (χ0n) is 18.6. The number of halogens is 1. The van der Waals surface area contributed by atoms with Crippen molar-refractivity contribution in [2.24, 2.45) is 10.9 Å². The second-order valence-corrected chi connectivity index (χ2v) is 8.05. The highest BCUT2D eigenvalue weighted by molar-refractivity contribution is 14.0. The molecule has 174 valence electrons. The molecule has 1 aromatic rings. The number of nitrogens with zero attached hydrogens (tertiary/aromatic N) is 3. The standard InChI is InChI=1S/C22H35N5O3.HI/c1-26(2)21(28)16-25-22(23-9-10-27-11-13-29-14-12-27)24-15-19-5-3-4-6-20(19)30-17-18-7-8-18;/h3-6,18H,7-17H2,1-2H3,(H2,23,24,25);1H. The van der Waals surface area contributed by atoms with Crippen molar-refractivity contribution in [3.63, 3.8) is 0 Å². The van der Waals surface area contributed by atoms with Gasteiger partial charge in [0.1, 0.15) is 5.75 Å². The van der Waals surface area contributed by atoms with Gasteiger partial charge in [0.05, 0.1) is 32.9 Å². The lowest BCUT2D eigenvalue weighted by Crippen LogP contribution is -2.46. The molecule has 2 aliphatic rings. The number of morpholine rings is 1. The molecule has 2 N–H and O–H groups in total. The molecule has 0 aromatic heterocycles. The summed E-state index contributed by atoms with van der Waals surface area (Å²) in [5.41, 5.74) is 1.05. The van der Waals surface area contributed by atoms with Crippen LogP contribution in [0.4, 0.5) is 0 Å². The molecule has 1 saturated heterocycles. The summed E-state index contributed by atoms with van der Waals surface area (Å²) >= 11 is 0. The van der Waals surface area contributed by atoms with Crippen LogP contribution in [0.25, 0.3) is 0 Å². The number of amides is 1. The molecule has 1 aliphatic heterocycles. The number of ether oxygens (including phenoxy) is 2. The van der Waals surface area contributed by atoms with Crippen molar-refractivity contribution in [1.29, 1.82) is 0 Å². The van der Waals surface area contributed by atoms with Crippen LogP contribution in [0.3, 0.4) is 0 Å². The minimum atomic E-state index is 0. The first-order valence-corrected chi connectivity index (χ1v) is 10.8. The first-order valence-electron chi connectivity index (χ1n) is 10.8. The molecule has 0 unspecified atom stereocenters. The van der Waals surface area contributed by atoms with E-state index in [0.29, 0.717) is 18.4 Å². The van der Waals surface area contributed by atoms with E-state index in [1.807, 2.05) is 24.3 Å². The molecular formula is C22H36IN5O3. The number of nitrogens with one attached hydrogen (secondary N) is 2. The quantitative estimate of drug-likeness (QED) is 0.264. The number of guanidine groups is 1. The van der Waals surface area contributed by atoms with Crippen molar-refractivity contribution >= 4 is 35.8 Å². The Hall–Kier alpha value is -1.59. The number of para-hydroxylation sites is 1. The smallest absolute Gasteiger partial charge is 0.241 e. The van der Waals surface area contributed by atoms with E-state index >= 15 is 0 Å². The Kier molecular flexibility index (Phi) is 11.4. The largest absolute Gasteiger partial charge is 0.493 e. The van der Waals surface area contributed by atoms with Gasteiger partial charge in [-0.05, 0) is 24.8 Å². The molecule has 1 aliphatic carbocycles. The van der Waals surface area contributed by atoms with Crippen LogP contribution >= 0.6 is 24.0 Å². The van der Waals surface area contributed by atoms with Gasteiger partial charge in [-0.3, -0.25) is 9.69 Å². The Morgan fingerprint density at radius 1 is 1.23 bits per heavy atom. The summed E-state index contributed by atoms with van der Waals surface area (Å²) in [6.45, 7) is 6.61. The van der Waals surface area contributed by atoms with Crippen LogP contribution in [-0.4, -0.2) is 88.3 Å². The van der Waals surface area contributed by atoms with Gasteiger partial charge in [-0.15, -0.1) is 24.0 Å². The number of likely N-dealkylation sites (N-methyl/N-ethyl adjacent to an activating group) is 1. The van der Waals surface area contributed by atoms with E-state index in [0.717, 1.165) is 57.3 Å². The Morgan fingerprint density at radius 3 is 2.68 bits per heavy atom. The summed E-state index contributed by atoms with van der Waals surface area (Å²) in [5, 5.41) is 6.51. The first kappa shape index (κ1) is 25.7. The Morgan fingerprint density at radius 2 is 1.97 bits per heavy atom. The Bertz CT molecular complexity index is 706. The van der Waals surface area contributed by atoms with Crippen molar-refractivity contribution < 1.29 is 14.3 Å². The van der Waals surface area contributed by atoms with E-state index in [1.54, 1.807) is 19.0 Å². The summed E-state index contributed by atoms with van der Waals surface area (Å²) in [6.07, 6.45) is 2.53. The maximum atomic E-state index is 12.0. The van der Waals surface area contributed by atoms with Crippen molar-refractivity contribution in [2.45, 2.75) is 19.4 Å². The van der Waals surface area contributed by atoms with Gasteiger partial charge in [0.25, 0.3) is 0 Å². The number of carbonyl (C=O) groups is 1. The fraction of sp³-hybridized carbons (Fsp3) is 0.636. The average Bonchev–Trinajstić information content (AvgIpc) is 3.59. The van der Waals surface area contributed by atoms with Crippen molar-refractivity contribution in [1.82, 2.24) is 20.4 Å². The predicted octanol–water partition coefficient (Wildman–Crippen LogP) is 1.55. The monoisotopic (exact) mass is 545 g/mol. The topological polar surface area (TPSA) is 78.4 Å². The van der Waals surface area contributed by atoms with E-state index in [9.17, 15) is 4.79 Å². The third-order valence-corrected chi connectivity index (χ3v) is 5.28. The molecule has 2 fully saturated rings. The molecule has 0 atom stereocenters. The van der Waals surface area contributed by atoms with Crippen LogP contribution in [0.15, 0.2) is 29.3 Å². The van der Waals surface area contributed by atoms with Crippen LogP contribution < -0.4 is 15.4 Å². The van der Waals surface area contributed by atoms with Gasteiger partial charge in [-0.2, -0.15) is 0 Å². The molecule has 8 nitrogen and oxygen atoms in total. The number of benzene rings is 1. The summed E-state index contributed by atoms with van der Waals surface area (Å²) in [6, 6.07) is 8.04. The summed E-state index contributed by atoms with van der Waals surface area (Å²) in [5.74, 6) is 2.24. The Balaban J connectivity index is 0.00000341. The molecule has 1 amide bonds. The molecule has 0 radical (unpaired) electrons. The summed E-state index contributed by atoms with van der Waals surface area (Å²) in [7, 11) is 3.50. The van der Waals surface area contributed by atoms with E-state index in [2.05, 4.69) is 15.5 Å². The van der Waals surface area contributed by atoms with Crippen LogP contribution in [0.5, 0.6) is 5.75 Å². The van der Waals surface area contributed by atoms with E-state index in [4.69, 9.17) is 14.5 Å².